The molecular weight excluding hydrogens is 234 g/mol. The Morgan fingerprint density at radius 1 is 1.50 bits per heavy atom. The first-order chi connectivity index (χ1) is 8.55. The maximum absolute atomic E-state index is 11.6. The summed E-state index contributed by atoms with van der Waals surface area (Å²) in [6.45, 7) is 2.06. The number of carbonyl (C=O) groups excluding carboxylic acids is 2. The van der Waals surface area contributed by atoms with Crippen molar-refractivity contribution in [1.82, 2.24) is 15.1 Å². The fraction of sp³-hybridized carbons (Fsp3) is 0.545. The summed E-state index contributed by atoms with van der Waals surface area (Å²) in [6.07, 6.45) is 4.13. The Morgan fingerprint density at radius 2 is 2.22 bits per heavy atom. The van der Waals surface area contributed by atoms with Gasteiger partial charge in [0, 0.05) is 25.7 Å². The molecule has 0 fully saturated rings. The second-order valence-electron chi connectivity index (χ2n) is 4.02. The van der Waals surface area contributed by atoms with Crippen LogP contribution in [0.3, 0.4) is 0 Å². The molecule has 0 aliphatic rings. The van der Waals surface area contributed by atoms with Gasteiger partial charge in [-0.25, -0.2) is 0 Å². The van der Waals surface area contributed by atoms with Gasteiger partial charge in [-0.2, -0.15) is 5.10 Å². The number of rotatable bonds is 6. The highest BCUT2D eigenvalue weighted by molar-refractivity contribution is 5.90. The van der Waals surface area contributed by atoms with Crippen LogP contribution < -0.4 is 16.4 Å². The molecule has 0 saturated heterocycles. The zero-order valence-corrected chi connectivity index (χ0v) is 10.6. The molecule has 1 aromatic heterocycles. The Bertz CT molecular complexity index is 415. The third-order valence-corrected chi connectivity index (χ3v) is 2.47. The molecule has 1 rings (SSSR count). The van der Waals surface area contributed by atoms with E-state index in [1.807, 2.05) is 6.92 Å². The summed E-state index contributed by atoms with van der Waals surface area (Å²) >= 11 is 0. The van der Waals surface area contributed by atoms with Crippen LogP contribution in [0.2, 0.25) is 0 Å². The highest BCUT2D eigenvalue weighted by Gasteiger charge is 2.09. The van der Waals surface area contributed by atoms with Crippen molar-refractivity contribution in [3.05, 3.63) is 12.4 Å². The van der Waals surface area contributed by atoms with Crippen molar-refractivity contribution in [3.63, 3.8) is 0 Å². The number of carbonyl (C=O) groups is 2. The Kier molecular flexibility index (Phi) is 5.31. The molecule has 100 valence electrons. The summed E-state index contributed by atoms with van der Waals surface area (Å²) in [5.41, 5.74) is 6.24. The number of amides is 2. The number of nitrogens with two attached hydrogens (primary N) is 1. The minimum Gasteiger partial charge on any atom is -0.358 e. The van der Waals surface area contributed by atoms with E-state index in [9.17, 15) is 9.59 Å². The van der Waals surface area contributed by atoms with E-state index in [2.05, 4.69) is 15.7 Å². The fourth-order valence-electron chi connectivity index (χ4n) is 1.34. The molecule has 2 amide bonds. The monoisotopic (exact) mass is 253 g/mol. The SMILES string of the molecule is CCC(N)CC(=O)Nc1cnn(CC(=O)NC)c1. The topological polar surface area (TPSA) is 102 Å². The first-order valence-electron chi connectivity index (χ1n) is 5.83. The first-order valence-corrected chi connectivity index (χ1v) is 5.83. The van der Waals surface area contributed by atoms with E-state index in [1.165, 1.54) is 10.9 Å². The number of anilines is 1. The molecule has 0 saturated carbocycles. The van der Waals surface area contributed by atoms with Crippen LogP contribution >= 0.6 is 0 Å². The summed E-state index contributed by atoms with van der Waals surface area (Å²) < 4.78 is 1.45. The van der Waals surface area contributed by atoms with E-state index in [0.717, 1.165) is 6.42 Å². The van der Waals surface area contributed by atoms with Gasteiger partial charge in [0.05, 0.1) is 11.9 Å². The Morgan fingerprint density at radius 3 is 2.83 bits per heavy atom. The average Bonchev–Trinajstić information content (AvgIpc) is 2.75. The van der Waals surface area contributed by atoms with E-state index < -0.39 is 0 Å². The highest BCUT2D eigenvalue weighted by Crippen LogP contribution is 2.06. The molecule has 0 bridgehead atoms. The van der Waals surface area contributed by atoms with Crippen molar-refractivity contribution >= 4 is 17.5 Å². The lowest BCUT2D eigenvalue weighted by Crippen LogP contribution is -2.26. The normalized spacial score (nSPS) is 11.9. The number of hydrogen-bond acceptors (Lipinski definition) is 4. The third kappa shape index (κ3) is 4.54. The molecule has 1 aromatic rings. The van der Waals surface area contributed by atoms with Gasteiger partial charge in [0.2, 0.25) is 11.8 Å². The highest BCUT2D eigenvalue weighted by atomic mass is 16.2. The summed E-state index contributed by atoms with van der Waals surface area (Å²) in [7, 11) is 1.56. The van der Waals surface area contributed by atoms with E-state index in [1.54, 1.807) is 13.2 Å². The predicted octanol–water partition coefficient (Wildman–Crippen LogP) is -0.305. The number of nitrogens with zero attached hydrogens (tertiary/aromatic N) is 2. The standard InChI is InChI=1S/C11H19N5O2/c1-3-8(12)4-10(17)15-9-5-14-16(6-9)7-11(18)13-2/h5-6,8H,3-4,7,12H2,1-2H3,(H,13,18)(H,15,17). The third-order valence-electron chi connectivity index (χ3n) is 2.47. The van der Waals surface area contributed by atoms with Gasteiger partial charge in [0.15, 0.2) is 0 Å². The van der Waals surface area contributed by atoms with Crippen molar-refractivity contribution in [2.45, 2.75) is 32.4 Å². The van der Waals surface area contributed by atoms with E-state index >= 15 is 0 Å². The van der Waals surface area contributed by atoms with Gasteiger partial charge in [0.25, 0.3) is 0 Å². The zero-order valence-electron chi connectivity index (χ0n) is 10.6. The van der Waals surface area contributed by atoms with Crippen LogP contribution in [0.4, 0.5) is 5.69 Å². The maximum atomic E-state index is 11.6. The van der Waals surface area contributed by atoms with Crippen molar-refractivity contribution in [1.29, 1.82) is 0 Å². The van der Waals surface area contributed by atoms with Gasteiger partial charge in [-0.3, -0.25) is 14.3 Å². The van der Waals surface area contributed by atoms with Gasteiger partial charge in [0.1, 0.15) is 6.54 Å². The number of likely N-dealkylation sites (N-methyl/N-ethyl adjacent to an activating group) is 1. The predicted molar refractivity (Wildman–Crippen MR) is 67.8 cm³/mol. The van der Waals surface area contributed by atoms with E-state index in [4.69, 9.17) is 5.73 Å². The summed E-state index contributed by atoms with van der Waals surface area (Å²) in [6, 6.07) is -0.133. The Labute approximate surface area is 106 Å². The summed E-state index contributed by atoms with van der Waals surface area (Å²) in [5.74, 6) is -0.298. The second kappa shape index (κ2) is 6.75. The Balaban J connectivity index is 2.48. The van der Waals surface area contributed by atoms with Gasteiger partial charge in [-0.05, 0) is 6.42 Å². The molecule has 4 N–H and O–H groups in total. The Hall–Kier alpha value is -1.89. The van der Waals surface area contributed by atoms with Crippen LogP contribution in [0, 0.1) is 0 Å². The van der Waals surface area contributed by atoms with Crippen LogP contribution in [0.5, 0.6) is 0 Å². The summed E-state index contributed by atoms with van der Waals surface area (Å²) in [4.78, 5) is 22.7. The molecule has 1 unspecified atom stereocenters. The van der Waals surface area contributed by atoms with E-state index in [-0.39, 0.29) is 30.8 Å². The maximum Gasteiger partial charge on any atom is 0.241 e. The molecule has 0 spiro atoms. The molecule has 0 aliphatic heterocycles. The van der Waals surface area contributed by atoms with Crippen molar-refractivity contribution in [2.75, 3.05) is 12.4 Å². The van der Waals surface area contributed by atoms with Crippen molar-refractivity contribution < 1.29 is 9.59 Å². The number of hydrogen-bond donors (Lipinski definition) is 3. The average molecular weight is 253 g/mol. The minimum absolute atomic E-state index is 0.126. The quantitative estimate of drug-likeness (QED) is 0.647. The van der Waals surface area contributed by atoms with Gasteiger partial charge >= 0.3 is 0 Å². The summed E-state index contributed by atoms with van der Waals surface area (Å²) in [5, 5.41) is 9.14. The molecule has 1 heterocycles. The molecule has 0 aliphatic carbocycles. The molecule has 0 aromatic carbocycles. The van der Waals surface area contributed by atoms with Gasteiger partial charge in [-0.15, -0.1) is 0 Å². The van der Waals surface area contributed by atoms with Crippen LogP contribution in [0.15, 0.2) is 12.4 Å². The number of aromatic nitrogens is 2. The smallest absolute Gasteiger partial charge is 0.241 e. The molecule has 7 heteroatoms. The second-order valence-corrected chi connectivity index (χ2v) is 4.02. The molecule has 7 nitrogen and oxygen atoms in total. The lowest BCUT2D eigenvalue weighted by molar-refractivity contribution is -0.121. The molecule has 1 atom stereocenters. The van der Waals surface area contributed by atoms with Gasteiger partial charge in [-0.1, -0.05) is 6.92 Å². The van der Waals surface area contributed by atoms with E-state index in [0.29, 0.717) is 5.69 Å². The fourth-order valence-corrected chi connectivity index (χ4v) is 1.34. The molecule has 18 heavy (non-hydrogen) atoms. The van der Waals surface area contributed by atoms with Crippen LogP contribution in [-0.4, -0.2) is 34.7 Å². The lowest BCUT2D eigenvalue weighted by Gasteiger charge is -2.07. The minimum atomic E-state index is -0.149. The van der Waals surface area contributed by atoms with Crippen molar-refractivity contribution in [3.8, 4) is 0 Å². The lowest BCUT2D eigenvalue weighted by atomic mass is 10.1. The van der Waals surface area contributed by atoms with Crippen LogP contribution in [-0.2, 0) is 16.1 Å². The molecular formula is C11H19N5O2. The van der Waals surface area contributed by atoms with Gasteiger partial charge < -0.3 is 16.4 Å². The number of nitrogens with one attached hydrogen (secondary N) is 2. The van der Waals surface area contributed by atoms with Crippen molar-refractivity contribution in [2.24, 2.45) is 5.73 Å². The zero-order chi connectivity index (χ0) is 13.5. The molecule has 0 radical (unpaired) electrons. The largest absolute Gasteiger partial charge is 0.358 e. The van der Waals surface area contributed by atoms with Crippen LogP contribution in [0.1, 0.15) is 19.8 Å². The first kappa shape index (κ1) is 14.2. The van der Waals surface area contributed by atoms with Crippen LogP contribution in [0.25, 0.3) is 0 Å².